The SMILES string of the molecule is Cn1cc(-c2c(F)cccc2Cl)c(=O)c2cnc(Nc3ccc4c(c3)CCNC4)nc21. The van der Waals surface area contributed by atoms with Crippen molar-refractivity contribution in [2.45, 2.75) is 13.0 Å². The van der Waals surface area contributed by atoms with E-state index in [1.807, 2.05) is 6.07 Å². The average molecular weight is 436 g/mol. The molecule has 4 aromatic rings. The molecule has 1 aliphatic heterocycles. The van der Waals surface area contributed by atoms with Crippen molar-refractivity contribution >= 4 is 34.3 Å². The van der Waals surface area contributed by atoms with Gasteiger partial charge in [0.15, 0.2) is 0 Å². The van der Waals surface area contributed by atoms with E-state index in [-0.39, 0.29) is 21.6 Å². The van der Waals surface area contributed by atoms with Crippen LogP contribution >= 0.6 is 11.6 Å². The molecule has 3 heterocycles. The first kappa shape index (κ1) is 19.7. The van der Waals surface area contributed by atoms with Crippen LogP contribution in [0.5, 0.6) is 0 Å². The Labute approximate surface area is 182 Å². The van der Waals surface area contributed by atoms with Crippen molar-refractivity contribution in [1.29, 1.82) is 0 Å². The van der Waals surface area contributed by atoms with E-state index in [1.165, 1.54) is 29.5 Å². The molecule has 2 aromatic heterocycles. The second-order valence-corrected chi connectivity index (χ2v) is 7.95. The summed E-state index contributed by atoms with van der Waals surface area (Å²) in [6.45, 7) is 1.83. The Morgan fingerprint density at radius 3 is 2.94 bits per heavy atom. The minimum atomic E-state index is -0.550. The summed E-state index contributed by atoms with van der Waals surface area (Å²) in [5.41, 5.74) is 3.80. The smallest absolute Gasteiger partial charge is 0.229 e. The Bertz CT molecular complexity index is 1360. The standard InChI is InChI=1S/C23H19ClFN5O/c1-30-12-17(20-18(24)3-2-4-19(20)25)21(31)16-11-27-23(29-22(16)30)28-15-6-5-14-10-26-8-7-13(14)9-15/h2-6,9,11-12,26H,7-8,10H2,1H3,(H,27,28,29). The predicted octanol–water partition coefficient (Wildman–Crippen LogP) is 4.18. The summed E-state index contributed by atoms with van der Waals surface area (Å²) in [5, 5.41) is 7.05. The molecule has 0 aliphatic carbocycles. The molecule has 5 rings (SSSR count). The third kappa shape index (κ3) is 3.56. The van der Waals surface area contributed by atoms with Crippen LogP contribution in [-0.2, 0) is 20.0 Å². The van der Waals surface area contributed by atoms with Crippen LogP contribution < -0.4 is 16.1 Å². The maximum atomic E-state index is 14.4. The van der Waals surface area contributed by atoms with E-state index in [0.717, 1.165) is 25.2 Å². The van der Waals surface area contributed by atoms with Crippen LogP contribution in [0.4, 0.5) is 16.0 Å². The lowest BCUT2D eigenvalue weighted by molar-refractivity contribution is 0.631. The normalized spacial score (nSPS) is 13.3. The van der Waals surface area contributed by atoms with Gasteiger partial charge in [0.2, 0.25) is 11.4 Å². The van der Waals surface area contributed by atoms with Crippen LogP contribution in [0, 0.1) is 5.82 Å². The van der Waals surface area contributed by atoms with Gasteiger partial charge in [-0.25, -0.2) is 9.37 Å². The van der Waals surface area contributed by atoms with Crippen LogP contribution in [0.15, 0.2) is 53.6 Å². The van der Waals surface area contributed by atoms with Gasteiger partial charge in [-0.05, 0) is 48.4 Å². The molecule has 0 unspecified atom stereocenters. The molecule has 156 valence electrons. The number of aromatic nitrogens is 3. The van der Waals surface area contributed by atoms with Crippen LogP contribution in [0.25, 0.3) is 22.2 Å². The molecule has 2 N–H and O–H groups in total. The second kappa shape index (κ2) is 7.76. The molecule has 0 fully saturated rings. The molecule has 0 saturated heterocycles. The summed E-state index contributed by atoms with van der Waals surface area (Å²) >= 11 is 6.17. The van der Waals surface area contributed by atoms with Crippen molar-refractivity contribution < 1.29 is 4.39 Å². The summed E-state index contributed by atoms with van der Waals surface area (Å²) in [4.78, 5) is 21.9. The van der Waals surface area contributed by atoms with Crippen LogP contribution in [0.2, 0.25) is 5.02 Å². The molecule has 0 saturated carbocycles. The lowest BCUT2D eigenvalue weighted by Gasteiger charge is -2.18. The van der Waals surface area contributed by atoms with E-state index in [9.17, 15) is 9.18 Å². The van der Waals surface area contributed by atoms with Gasteiger partial charge in [0.25, 0.3) is 0 Å². The van der Waals surface area contributed by atoms with E-state index in [2.05, 4.69) is 32.7 Å². The van der Waals surface area contributed by atoms with E-state index in [4.69, 9.17) is 11.6 Å². The van der Waals surface area contributed by atoms with Crippen LogP contribution in [0.3, 0.4) is 0 Å². The zero-order valence-electron chi connectivity index (χ0n) is 16.7. The third-order valence-electron chi connectivity index (χ3n) is 5.50. The number of nitrogens with zero attached hydrogens (tertiary/aromatic N) is 3. The number of aryl methyl sites for hydroxylation is 1. The first-order valence-corrected chi connectivity index (χ1v) is 10.3. The fraction of sp³-hybridized carbons (Fsp3) is 0.174. The molecule has 1 aliphatic rings. The quantitative estimate of drug-likeness (QED) is 0.505. The lowest BCUT2D eigenvalue weighted by Crippen LogP contribution is -2.23. The highest BCUT2D eigenvalue weighted by Crippen LogP contribution is 2.29. The van der Waals surface area contributed by atoms with Gasteiger partial charge in [0, 0.05) is 37.2 Å². The van der Waals surface area contributed by atoms with Gasteiger partial charge in [0.1, 0.15) is 11.5 Å². The molecule has 2 aromatic carbocycles. The molecule has 8 heteroatoms. The fourth-order valence-corrected chi connectivity index (χ4v) is 4.20. The van der Waals surface area contributed by atoms with Gasteiger partial charge >= 0.3 is 0 Å². The predicted molar refractivity (Wildman–Crippen MR) is 120 cm³/mol. The van der Waals surface area contributed by atoms with Gasteiger partial charge < -0.3 is 15.2 Å². The zero-order valence-corrected chi connectivity index (χ0v) is 17.5. The van der Waals surface area contributed by atoms with Gasteiger partial charge in [0.05, 0.1) is 16.0 Å². The summed E-state index contributed by atoms with van der Waals surface area (Å²) in [7, 11) is 1.75. The molecular weight excluding hydrogens is 417 g/mol. The maximum absolute atomic E-state index is 14.4. The number of halogens is 2. The number of pyridine rings is 1. The highest BCUT2D eigenvalue weighted by molar-refractivity contribution is 6.33. The minimum absolute atomic E-state index is 0.0809. The Morgan fingerprint density at radius 1 is 1.23 bits per heavy atom. The first-order chi connectivity index (χ1) is 15.0. The van der Waals surface area contributed by atoms with Crippen molar-refractivity contribution in [3.8, 4) is 11.1 Å². The fourth-order valence-electron chi connectivity index (χ4n) is 3.94. The van der Waals surface area contributed by atoms with Crippen molar-refractivity contribution in [2.75, 3.05) is 11.9 Å². The van der Waals surface area contributed by atoms with Gasteiger partial charge in [-0.1, -0.05) is 23.7 Å². The molecule has 0 atom stereocenters. The molecule has 0 bridgehead atoms. The van der Waals surface area contributed by atoms with E-state index in [1.54, 1.807) is 23.9 Å². The van der Waals surface area contributed by atoms with E-state index in [0.29, 0.717) is 17.0 Å². The topological polar surface area (TPSA) is 71.8 Å². The average Bonchev–Trinajstić information content (AvgIpc) is 2.77. The van der Waals surface area contributed by atoms with E-state index >= 15 is 0 Å². The number of fused-ring (bicyclic) bond motifs is 2. The summed E-state index contributed by atoms with van der Waals surface area (Å²) in [5.74, 6) is -0.168. The van der Waals surface area contributed by atoms with E-state index < -0.39 is 5.82 Å². The molecule has 6 nitrogen and oxygen atoms in total. The number of benzene rings is 2. The van der Waals surface area contributed by atoms with Gasteiger partial charge in [-0.15, -0.1) is 0 Å². The molecule has 0 radical (unpaired) electrons. The van der Waals surface area contributed by atoms with Crippen LogP contribution in [-0.4, -0.2) is 21.1 Å². The van der Waals surface area contributed by atoms with Crippen molar-refractivity contribution in [3.63, 3.8) is 0 Å². The summed E-state index contributed by atoms with van der Waals surface area (Å²) in [6, 6.07) is 10.5. The minimum Gasteiger partial charge on any atom is -0.335 e. The van der Waals surface area contributed by atoms with Crippen molar-refractivity contribution in [1.82, 2.24) is 19.9 Å². The zero-order chi connectivity index (χ0) is 21.5. The lowest BCUT2D eigenvalue weighted by atomic mass is 10.0. The summed E-state index contributed by atoms with van der Waals surface area (Å²) in [6.07, 6.45) is 3.99. The molecule has 31 heavy (non-hydrogen) atoms. The highest BCUT2D eigenvalue weighted by atomic mass is 35.5. The number of rotatable bonds is 3. The number of hydrogen-bond donors (Lipinski definition) is 2. The summed E-state index contributed by atoms with van der Waals surface area (Å²) < 4.78 is 16.1. The number of anilines is 2. The second-order valence-electron chi connectivity index (χ2n) is 7.55. The molecular formula is C23H19ClFN5O. The monoisotopic (exact) mass is 435 g/mol. The Balaban J connectivity index is 1.55. The Hall–Kier alpha value is -3.29. The Kier molecular flexibility index (Phi) is 4.92. The highest BCUT2D eigenvalue weighted by Gasteiger charge is 2.17. The van der Waals surface area contributed by atoms with Gasteiger partial charge in [-0.3, -0.25) is 4.79 Å². The Morgan fingerprint density at radius 2 is 2.10 bits per heavy atom. The number of nitrogens with one attached hydrogen (secondary N) is 2. The first-order valence-electron chi connectivity index (χ1n) is 9.91. The van der Waals surface area contributed by atoms with Crippen molar-refractivity contribution in [2.24, 2.45) is 7.05 Å². The molecule has 0 amide bonds. The van der Waals surface area contributed by atoms with Gasteiger partial charge in [-0.2, -0.15) is 4.98 Å². The third-order valence-corrected chi connectivity index (χ3v) is 5.81. The van der Waals surface area contributed by atoms with Crippen molar-refractivity contribution in [3.05, 3.63) is 81.0 Å². The van der Waals surface area contributed by atoms with Crippen LogP contribution in [0.1, 0.15) is 11.1 Å². The maximum Gasteiger partial charge on any atom is 0.229 e. The largest absolute Gasteiger partial charge is 0.335 e. The number of hydrogen-bond acceptors (Lipinski definition) is 5. The molecule has 0 spiro atoms.